The molecule has 0 aromatic rings. The maximum atomic E-state index is 13.1. The number of nitrogens with zero attached hydrogens (tertiary/aromatic N) is 2. The number of rotatable bonds is 3. The summed E-state index contributed by atoms with van der Waals surface area (Å²) in [4.78, 5) is 14.4. The zero-order valence-corrected chi connectivity index (χ0v) is 10.5. The van der Waals surface area contributed by atoms with Crippen LogP contribution >= 0.6 is 0 Å². The van der Waals surface area contributed by atoms with E-state index in [2.05, 4.69) is 0 Å². The number of amides is 1. The van der Waals surface area contributed by atoms with Gasteiger partial charge in [-0.25, -0.2) is 8.78 Å². The zero-order valence-electron chi connectivity index (χ0n) is 10.5. The van der Waals surface area contributed by atoms with Crippen molar-refractivity contribution in [2.75, 3.05) is 26.7 Å². The zero-order chi connectivity index (χ0) is 13.9. The number of hydrogen-bond donors (Lipinski definition) is 0. The standard InChI is InChI=1S/C11H18F4N2O/c1-3-8-7-16(2)5-4-6-17(8)10(18)11(14,15)9(12)13/h8-9H,3-7H2,1-2H3. The molecule has 0 bridgehead atoms. The molecule has 3 nitrogen and oxygen atoms in total. The van der Waals surface area contributed by atoms with Crippen molar-refractivity contribution in [1.29, 1.82) is 0 Å². The van der Waals surface area contributed by atoms with Gasteiger partial charge in [-0.05, 0) is 26.4 Å². The second kappa shape index (κ2) is 5.86. The van der Waals surface area contributed by atoms with Gasteiger partial charge < -0.3 is 9.80 Å². The summed E-state index contributed by atoms with van der Waals surface area (Å²) in [5.41, 5.74) is 0. The van der Waals surface area contributed by atoms with Crippen molar-refractivity contribution in [3.63, 3.8) is 0 Å². The van der Waals surface area contributed by atoms with Gasteiger partial charge in [-0.3, -0.25) is 4.79 Å². The van der Waals surface area contributed by atoms with Crippen LogP contribution < -0.4 is 0 Å². The van der Waals surface area contributed by atoms with Crippen LogP contribution in [0, 0.1) is 0 Å². The Kier molecular flexibility index (Phi) is 4.95. The van der Waals surface area contributed by atoms with Gasteiger partial charge >= 0.3 is 12.3 Å². The van der Waals surface area contributed by atoms with Crippen LogP contribution in [0.5, 0.6) is 0 Å². The van der Waals surface area contributed by atoms with Crippen molar-refractivity contribution in [3.8, 4) is 0 Å². The fraction of sp³-hybridized carbons (Fsp3) is 0.909. The molecule has 0 aromatic carbocycles. The number of carbonyl (C=O) groups is 1. The summed E-state index contributed by atoms with van der Waals surface area (Å²) in [6, 6.07) is -0.436. The van der Waals surface area contributed by atoms with Crippen molar-refractivity contribution in [2.24, 2.45) is 0 Å². The van der Waals surface area contributed by atoms with E-state index in [1.54, 1.807) is 6.92 Å². The molecule has 1 heterocycles. The van der Waals surface area contributed by atoms with E-state index in [0.29, 0.717) is 25.9 Å². The van der Waals surface area contributed by atoms with E-state index < -0.39 is 24.3 Å². The van der Waals surface area contributed by atoms with Crippen molar-refractivity contribution in [1.82, 2.24) is 9.80 Å². The topological polar surface area (TPSA) is 23.6 Å². The number of hydrogen-bond acceptors (Lipinski definition) is 2. The van der Waals surface area contributed by atoms with E-state index in [1.807, 2.05) is 11.9 Å². The Morgan fingerprint density at radius 3 is 2.50 bits per heavy atom. The van der Waals surface area contributed by atoms with Crippen LogP contribution in [-0.2, 0) is 4.79 Å². The van der Waals surface area contributed by atoms with E-state index in [4.69, 9.17) is 0 Å². The molecule has 0 aliphatic carbocycles. The average Bonchev–Trinajstić information content (AvgIpc) is 2.49. The first-order valence-corrected chi connectivity index (χ1v) is 5.96. The third-order valence-corrected chi connectivity index (χ3v) is 3.19. The molecule has 0 N–H and O–H groups in total. The predicted molar refractivity (Wildman–Crippen MR) is 58.9 cm³/mol. The van der Waals surface area contributed by atoms with Gasteiger partial charge in [-0.15, -0.1) is 0 Å². The minimum atomic E-state index is -4.59. The summed E-state index contributed by atoms with van der Waals surface area (Å²) in [5.74, 6) is -6.34. The molecule has 1 aliphatic heterocycles. The fourth-order valence-electron chi connectivity index (χ4n) is 2.14. The van der Waals surface area contributed by atoms with Crippen LogP contribution in [0.2, 0.25) is 0 Å². The highest BCUT2D eigenvalue weighted by atomic mass is 19.3. The summed E-state index contributed by atoms with van der Waals surface area (Å²) >= 11 is 0. The number of likely N-dealkylation sites (N-methyl/N-ethyl adjacent to an activating group) is 1. The summed E-state index contributed by atoms with van der Waals surface area (Å²) in [6.07, 6.45) is -2.98. The highest BCUT2D eigenvalue weighted by molar-refractivity contribution is 5.84. The lowest BCUT2D eigenvalue weighted by Crippen LogP contribution is -2.53. The lowest BCUT2D eigenvalue weighted by Gasteiger charge is -2.32. The predicted octanol–water partition coefficient (Wildman–Crippen LogP) is 1.83. The van der Waals surface area contributed by atoms with Crippen LogP contribution in [0.4, 0.5) is 17.6 Å². The van der Waals surface area contributed by atoms with Crippen LogP contribution in [0.25, 0.3) is 0 Å². The van der Waals surface area contributed by atoms with Gasteiger partial charge in [0.05, 0.1) is 0 Å². The highest BCUT2D eigenvalue weighted by Crippen LogP contribution is 2.27. The Bertz CT molecular complexity index is 299. The summed E-state index contributed by atoms with van der Waals surface area (Å²) in [5, 5.41) is 0. The van der Waals surface area contributed by atoms with Gasteiger partial charge in [0, 0.05) is 19.1 Å². The molecule has 1 saturated heterocycles. The monoisotopic (exact) mass is 270 g/mol. The van der Waals surface area contributed by atoms with Gasteiger partial charge in [0.1, 0.15) is 0 Å². The molecule has 0 saturated carbocycles. The SMILES string of the molecule is CCC1CN(C)CCCN1C(=O)C(F)(F)C(F)F. The number of halogens is 4. The Balaban J connectivity index is 2.87. The summed E-state index contributed by atoms with van der Waals surface area (Å²) in [6.45, 7) is 2.96. The Morgan fingerprint density at radius 1 is 1.39 bits per heavy atom. The molecule has 1 unspecified atom stereocenters. The molecule has 1 rings (SSSR count). The molecule has 0 radical (unpaired) electrons. The van der Waals surface area contributed by atoms with E-state index in [9.17, 15) is 22.4 Å². The Labute approximate surface area is 104 Å². The van der Waals surface area contributed by atoms with Gasteiger partial charge in [-0.1, -0.05) is 6.92 Å². The average molecular weight is 270 g/mol. The summed E-state index contributed by atoms with van der Waals surface area (Å²) < 4.78 is 50.7. The molecule has 1 aliphatic rings. The molecular weight excluding hydrogens is 252 g/mol. The van der Waals surface area contributed by atoms with Crippen molar-refractivity contribution < 1.29 is 22.4 Å². The normalized spacial score (nSPS) is 23.3. The molecule has 106 valence electrons. The van der Waals surface area contributed by atoms with Crippen molar-refractivity contribution >= 4 is 5.91 Å². The lowest BCUT2D eigenvalue weighted by molar-refractivity contribution is -0.182. The van der Waals surface area contributed by atoms with E-state index >= 15 is 0 Å². The van der Waals surface area contributed by atoms with Crippen molar-refractivity contribution in [2.45, 2.75) is 38.2 Å². The maximum Gasteiger partial charge on any atom is 0.383 e. The third kappa shape index (κ3) is 3.13. The fourth-order valence-corrected chi connectivity index (χ4v) is 2.14. The highest BCUT2D eigenvalue weighted by Gasteiger charge is 2.52. The van der Waals surface area contributed by atoms with Crippen molar-refractivity contribution in [3.05, 3.63) is 0 Å². The quantitative estimate of drug-likeness (QED) is 0.730. The van der Waals surface area contributed by atoms with Crippen LogP contribution in [0.1, 0.15) is 19.8 Å². The third-order valence-electron chi connectivity index (χ3n) is 3.19. The van der Waals surface area contributed by atoms with Gasteiger partial charge in [-0.2, -0.15) is 8.78 Å². The van der Waals surface area contributed by atoms with Crippen LogP contribution in [0.3, 0.4) is 0 Å². The molecule has 0 aromatic heterocycles. The molecule has 0 spiro atoms. The molecule has 1 fully saturated rings. The van der Waals surface area contributed by atoms with E-state index in [1.165, 1.54) is 0 Å². The lowest BCUT2D eigenvalue weighted by atomic mass is 10.1. The van der Waals surface area contributed by atoms with Gasteiger partial charge in [0.2, 0.25) is 0 Å². The molecular formula is C11H18F4N2O. The molecule has 1 amide bonds. The minimum absolute atomic E-state index is 0.101. The largest absolute Gasteiger partial charge is 0.383 e. The van der Waals surface area contributed by atoms with E-state index in [0.717, 1.165) is 4.90 Å². The van der Waals surface area contributed by atoms with Crippen LogP contribution in [-0.4, -0.2) is 60.8 Å². The first-order valence-electron chi connectivity index (χ1n) is 5.96. The first kappa shape index (κ1) is 15.2. The smallest absolute Gasteiger partial charge is 0.333 e. The second-order valence-corrected chi connectivity index (χ2v) is 4.60. The van der Waals surface area contributed by atoms with Crippen LogP contribution in [0.15, 0.2) is 0 Å². The van der Waals surface area contributed by atoms with E-state index in [-0.39, 0.29) is 6.54 Å². The maximum absolute atomic E-state index is 13.1. The minimum Gasteiger partial charge on any atom is -0.333 e. The summed E-state index contributed by atoms with van der Waals surface area (Å²) in [7, 11) is 1.82. The molecule has 1 atom stereocenters. The van der Waals surface area contributed by atoms with Gasteiger partial charge in [0.25, 0.3) is 5.91 Å². The first-order chi connectivity index (χ1) is 8.30. The molecule has 7 heteroatoms. The Morgan fingerprint density at radius 2 is 2.00 bits per heavy atom. The number of alkyl halides is 4. The number of carbonyl (C=O) groups excluding carboxylic acids is 1. The Hall–Kier alpha value is -0.850. The van der Waals surface area contributed by atoms with Gasteiger partial charge in [0.15, 0.2) is 0 Å². The second-order valence-electron chi connectivity index (χ2n) is 4.60. The molecule has 18 heavy (non-hydrogen) atoms.